The molecule has 0 aliphatic rings. The minimum atomic E-state index is -3.75. The molecule has 1 aromatic carbocycles. The molecule has 0 unspecified atom stereocenters. The minimum absolute atomic E-state index is 0.00264. The Bertz CT molecular complexity index is 712. The molecule has 2 rings (SSSR count). The van der Waals surface area contributed by atoms with Crippen molar-refractivity contribution in [2.45, 2.75) is 4.90 Å². The number of sulfonamides is 1. The van der Waals surface area contributed by atoms with Crippen LogP contribution in [0.1, 0.15) is 0 Å². The molecule has 0 saturated carbocycles. The van der Waals surface area contributed by atoms with Crippen LogP contribution in [-0.4, -0.2) is 32.6 Å². The number of methoxy groups -OCH3 is 2. The van der Waals surface area contributed by atoms with Gasteiger partial charge in [-0.25, -0.2) is 8.42 Å². The zero-order valence-corrected chi connectivity index (χ0v) is 13.6. The maximum atomic E-state index is 12.2. The van der Waals surface area contributed by atoms with Crippen LogP contribution in [0.5, 0.6) is 11.9 Å². The Kier molecular flexibility index (Phi) is 4.63. The topological polar surface area (TPSA) is 90.4 Å². The highest BCUT2D eigenvalue weighted by Gasteiger charge is 2.16. The largest absolute Gasteiger partial charge is 0.481 e. The van der Waals surface area contributed by atoms with Gasteiger partial charge in [0.1, 0.15) is 0 Å². The van der Waals surface area contributed by atoms with Gasteiger partial charge >= 0.3 is 6.01 Å². The second-order valence-electron chi connectivity index (χ2n) is 3.84. The van der Waals surface area contributed by atoms with Gasteiger partial charge in [-0.15, -0.1) is 0 Å². The van der Waals surface area contributed by atoms with Crippen LogP contribution in [0.3, 0.4) is 0 Å². The van der Waals surface area contributed by atoms with Crippen LogP contribution in [0.2, 0.25) is 0 Å². The Morgan fingerprint density at radius 2 is 1.76 bits per heavy atom. The van der Waals surface area contributed by atoms with Crippen molar-refractivity contribution in [2.24, 2.45) is 0 Å². The van der Waals surface area contributed by atoms with E-state index in [1.165, 1.54) is 32.4 Å². The van der Waals surface area contributed by atoms with E-state index in [1.807, 2.05) is 0 Å². The van der Waals surface area contributed by atoms with Crippen molar-refractivity contribution in [3.05, 3.63) is 34.8 Å². The zero-order chi connectivity index (χ0) is 15.5. The molecule has 0 aliphatic heterocycles. The van der Waals surface area contributed by atoms with E-state index in [0.717, 1.165) is 4.47 Å². The highest BCUT2D eigenvalue weighted by Crippen LogP contribution is 2.21. The van der Waals surface area contributed by atoms with E-state index in [9.17, 15) is 8.42 Å². The summed E-state index contributed by atoms with van der Waals surface area (Å²) in [6, 6.07) is 7.58. The summed E-state index contributed by atoms with van der Waals surface area (Å²) in [5.74, 6) is 0.247. The number of aromatic nitrogens is 2. The van der Waals surface area contributed by atoms with Gasteiger partial charge in [0.2, 0.25) is 5.88 Å². The van der Waals surface area contributed by atoms with Gasteiger partial charge < -0.3 is 9.47 Å². The molecule has 2 aromatic rings. The normalized spacial score (nSPS) is 11.0. The van der Waals surface area contributed by atoms with E-state index in [1.54, 1.807) is 12.1 Å². The van der Waals surface area contributed by atoms with Crippen molar-refractivity contribution in [1.29, 1.82) is 0 Å². The van der Waals surface area contributed by atoms with Crippen LogP contribution >= 0.6 is 15.9 Å². The van der Waals surface area contributed by atoms with E-state index < -0.39 is 10.0 Å². The lowest BCUT2D eigenvalue weighted by Crippen LogP contribution is -2.14. The molecule has 0 spiro atoms. The van der Waals surface area contributed by atoms with Crippen LogP contribution in [0.4, 0.5) is 5.82 Å². The maximum absolute atomic E-state index is 12.2. The third kappa shape index (κ3) is 3.82. The Balaban J connectivity index is 2.34. The van der Waals surface area contributed by atoms with Gasteiger partial charge in [0.05, 0.1) is 19.1 Å². The summed E-state index contributed by atoms with van der Waals surface area (Å²) in [6.45, 7) is 0. The first-order valence-corrected chi connectivity index (χ1v) is 7.97. The van der Waals surface area contributed by atoms with Gasteiger partial charge in [-0.1, -0.05) is 15.9 Å². The molecule has 112 valence electrons. The number of ether oxygens (including phenoxy) is 2. The summed E-state index contributed by atoms with van der Waals surface area (Å²) >= 11 is 3.25. The Morgan fingerprint density at radius 1 is 1.10 bits per heavy atom. The Labute approximate surface area is 130 Å². The molecule has 0 bridgehead atoms. The lowest BCUT2D eigenvalue weighted by Gasteiger charge is -2.09. The maximum Gasteiger partial charge on any atom is 0.321 e. The van der Waals surface area contributed by atoms with Gasteiger partial charge in [-0.2, -0.15) is 9.97 Å². The first-order chi connectivity index (χ1) is 9.94. The first kappa shape index (κ1) is 15.5. The molecule has 0 fully saturated rings. The molecule has 1 aromatic heterocycles. The molecule has 1 N–H and O–H groups in total. The number of rotatable bonds is 5. The second kappa shape index (κ2) is 6.27. The van der Waals surface area contributed by atoms with Crippen molar-refractivity contribution in [1.82, 2.24) is 9.97 Å². The Morgan fingerprint density at radius 3 is 2.33 bits per heavy atom. The number of hydrogen-bond acceptors (Lipinski definition) is 6. The standard InChI is InChI=1S/C12H12BrN3O4S/c1-19-11-7-10(14-12(15-11)20-2)16-21(17,18)9-5-3-8(13)4-6-9/h3-7H,1-2H3,(H,14,15,16). The second-order valence-corrected chi connectivity index (χ2v) is 6.44. The molecule has 0 radical (unpaired) electrons. The highest BCUT2D eigenvalue weighted by molar-refractivity contribution is 9.10. The van der Waals surface area contributed by atoms with E-state index in [4.69, 9.17) is 9.47 Å². The number of benzene rings is 1. The molecular formula is C12H12BrN3O4S. The van der Waals surface area contributed by atoms with Crippen molar-refractivity contribution in [2.75, 3.05) is 18.9 Å². The van der Waals surface area contributed by atoms with Crippen molar-refractivity contribution < 1.29 is 17.9 Å². The van der Waals surface area contributed by atoms with Gasteiger partial charge in [0.15, 0.2) is 5.82 Å². The quantitative estimate of drug-likeness (QED) is 0.862. The van der Waals surface area contributed by atoms with Gasteiger partial charge in [0.25, 0.3) is 10.0 Å². The fraction of sp³-hybridized carbons (Fsp3) is 0.167. The average molecular weight is 374 g/mol. The van der Waals surface area contributed by atoms with Crippen LogP contribution in [0.25, 0.3) is 0 Å². The third-order valence-corrected chi connectivity index (χ3v) is 4.34. The van der Waals surface area contributed by atoms with E-state index in [0.29, 0.717) is 0 Å². The van der Waals surface area contributed by atoms with Crippen LogP contribution in [-0.2, 0) is 10.0 Å². The predicted octanol–water partition coefficient (Wildman–Crippen LogP) is 2.06. The van der Waals surface area contributed by atoms with Crippen molar-refractivity contribution in [3.63, 3.8) is 0 Å². The predicted molar refractivity (Wildman–Crippen MR) is 80.1 cm³/mol. The third-order valence-electron chi connectivity index (χ3n) is 2.44. The number of nitrogens with one attached hydrogen (secondary N) is 1. The lowest BCUT2D eigenvalue weighted by atomic mass is 10.4. The minimum Gasteiger partial charge on any atom is -0.481 e. The van der Waals surface area contributed by atoms with Gasteiger partial charge in [0, 0.05) is 10.5 Å². The van der Waals surface area contributed by atoms with Gasteiger partial charge in [-0.05, 0) is 24.3 Å². The van der Waals surface area contributed by atoms with Gasteiger partial charge in [-0.3, -0.25) is 4.72 Å². The lowest BCUT2D eigenvalue weighted by molar-refractivity contribution is 0.353. The van der Waals surface area contributed by atoms with Crippen LogP contribution < -0.4 is 14.2 Å². The van der Waals surface area contributed by atoms with E-state index in [-0.39, 0.29) is 22.6 Å². The van der Waals surface area contributed by atoms with Crippen LogP contribution in [0.15, 0.2) is 39.7 Å². The smallest absolute Gasteiger partial charge is 0.321 e. The van der Waals surface area contributed by atoms with Crippen LogP contribution in [0, 0.1) is 0 Å². The SMILES string of the molecule is COc1cc(NS(=O)(=O)c2ccc(Br)cc2)nc(OC)n1. The number of hydrogen-bond donors (Lipinski definition) is 1. The van der Waals surface area contributed by atoms with E-state index >= 15 is 0 Å². The summed E-state index contributed by atoms with van der Waals surface area (Å²) in [6.07, 6.45) is 0. The number of nitrogens with zero attached hydrogens (tertiary/aromatic N) is 2. The number of anilines is 1. The monoisotopic (exact) mass is 373 g/mol. The highest BCUT2D eigenvalue weighted by atomic mass is 79.9. The molecule has 9 heteroatoms. The molecule has 0 amide bonds. The summed E-state index contributed by atoms with van der Waals surface area (Å²) in [5, 5.41) is 0. The molecule has 0 saturated heterocycles. The zero-order valence-electron chi connectivity index (χ0n) is 11.2. The van der Waals surface area contributed by atoms with Crippen molar-refractivity contribution in [3.8, 4) is 11.9 Å². The summed E-state index contributed by atoms with van der Waals surface area (Å²) in [7, 11) is -0.964. The molecular weight excluding hydrogens is 362 g/mol. The fourth-order valence-electron chi connectivity index (χ4n) is 1.46. The molecule has 7 nitrogen and oxygen atoms in total. The van der Waals surface area contributed by atoms with Crippen molar-refractivity contribution >= 4 is 31.8 Å². The molecule has 0 atom stereocenters. The summed E-state index contributed by atoms with van der Waals surface area (Å²) < 4.78 is 37.5. The number of halogens is 1. The first-order valence-electron chi connectivity index (χ1n) is 5.70. The summed E-state index contributed by atoms with van der Waals surface area (Å²) in [5.41, 5.74) is 0. The average Bonchev–Trinajstić information content (AvgIpc) is 2.46. The molecule has 1 heterocycles. The molecule has 21 heavy (non-hydrogen) atoms. The fourth-order valence-corrected chi connectivity index (χ4v) is 2.72. The Hall–Kier alpha value is -1.87. The van der Waals surface area contributed by atoms with E-state index in [2.05, 4.69) is 30.6 Å². The summed E-state index contributed by atoms with van der Waals surface area (Å²) in [4.78, 5) is 7.92. The molecule has 0 aliphatic carbocycles.